The molecule has 1 amide bonds. The van der Waals surface area contributed by atoms with Crippen molar-refractivity contribution in [1.82, 2.24) is 5.32 Å². The van der Waals surface area contributed by atoms with Crippen LogP contribution in [0.25, 0.3) is 0 Å². The molecule has 1 rings (SSSR count). The van der Waals surface area contributed by atoms with Gasteiger partial charge in [-0.3, -0.25) is 4.79 Å². The zero-order valence-electron chi connectivity index (χ0n) is 14.1. The molecule has 124 valence electrons. The van der Waals surface area contributed by atoms with Gasteiger partial charge < -0.3 is 9.74 Å². The van der Waals surface area contributed by atoms with E-state index in [1.807, 2.05) is 0 Å². The van der Waals surface area contributed by atoms with Crippen molar-refractivity contribution in [2.75, 3.05) is 0 Å². The molecule has 0 aliphatic carbocycles. The molecule has 0 saturated carbocycles. The molecule has 0 fully saturated rings. The molecule has 0 bridgehead atoms. The highest BCUT2D eigenvalue weighted by molar-refractivity contribution is 6.31. The summed E-state index contributed by atoms with van der Waals surface area (Å²) in [4.78, 5) is 10.9. The molecule has 0 saturated heterocycles. The fourth-order valence-electron chi connectivity index (χ4n) is 1.89. The average molecular weight is 329 g/mol. The highest BCUT2D eigenvalue weighted by Gasteiger charge is 2.29. The number of halogens is 2. The Labute approximate surface area is 133 Å². The second kappa shape index (κ2) is 6.87. The van der Waals surface area contributed by atoms with Crippen molar-refractivity contribution in [3.8, 4) is 0 Å². The molecule has 0 heterocycles. The number of hydrogen-bond acceptors (Lipinski definition) is 2. The molecule has 0 radical (unpaired) electrons. The molecule has 0 aliphatic heterocycles. The van der Waals surface area contributed by atoms with Crippen molar-refractivity contribution in [2.45, 2.75) is 58.7 Å². The van der Waals surface area contributed by atoms with Gasteiger partial charge in [-0.05, 0) is 18.9 Å². The molecular weight excluding hydrogens is 304 g/mol. The summed E-state index contributed by atoms with van der Waals surface area (Å²) in [6.07, 6.45) is 0. The maximum atomic E-state index is 14.3. The first-order valence-corrected chi connectivity index (χ1v) is 8.58. The summed E-state index contributed by atoms with van der Waals surface area (Å²) in [5.74, 6) is -2.13. The lowest BCUT2D eigenvalue weighted by molar-refractivity contribution is -0.119. The lowest BCUT2D eigenvalue weighted by Crippen LogP contribution is -2.29. The van der Waals surface area contributed by atoms with E-state index < -0.39 is 27.0 Å². The molecule has 1 aromatic carbocycles. The van der Waals surface area contributed by atoms with E-state index in [4.69, 9.17) is 4.43 Å². The molecule has 0 aliphatic rings. The Morgan fingerprint density at radius 3 is 2.27 bits per heavy atom. The largest absolute Gasteiger partial charge is 0.414 e. The van der Waals surface area contributed by atoms with E-state index in [-0.39, 0.29) is 28.6 Å². The second-order valence-corrected chi connectivity index (χ2v) is 9.87. The van der Waals surface area contributed by atoms with Crippen molar-refractivity contribution in [3.63, 3.8) is 0 Å². The predicted octanol–water partition coefficient (Wildman–Crippen LogP) is 3.15. The third-order valence-electron chi connectivity index (χ3n) is 3.20. The number of benzene rings is 1. The fourth-order valence-corrected chi connectivity index (χ4v) is 2.83. The monoisotopic (exact) mass is 329 g/mol. The smallest absolute Gasteiger partial charge is 0.217 e. The number of rotatable bonds is 5. The van der Waals surface area contributed by atoms with Crippen molar-refractivity contribution < 1.29 is 18.0 Å². The van der Waals surface area contributed by atoms with Crippen LogP contribution in [0, 0.1) is 11.6 Å². The van der Waals surface area contributed by atoms with E-state index in [1.165, 1.54) is 19.1 Å². The van der Waals surface area contributed by atoms with Crippen LogP contribution in [-0.4, -0.2) is 15.7 Å². The summed E-state index contributed by atoms with van der Waals surface area (Å²) in [6.45, 7) is 11.0. The highest BCUT2D eigenvalue weighted by atomic mass is 28.2. The highest BCUT2D eigenvalue weighted by Crippen LogP contribution is 2.32. The first-order chi connectivity index (χ1) is 9.94. The van der Waals surface area contributed by atoms with Crippen LogP contribution < -0.4 is 5.32 Å². The summed E-state index contributed by atoms with van der Waals surface area (Å²) in [5.41, 5.74) is -0.551. The third kappa shape index (κ3) is 5.17. The topological polar surface area (TPSA) is 38.3 Å². The third-order valence-corrected chi connectivity index (χ3v) is 4.94. The summed E-state index contributed by atoms with van der Waals surface area (Å²) in [7, 11) is -0.903. The number of nitrogens with one attached hydrogen (secondary N) is 1. The minimum absolute atomic E-state index is 0.0314. The van der Waals surface area contributed by atoms with E-state index in [0.717, 1.165) is 0 Å². The van der Waals surface area contributed by atoms with E-state index in [0.29, 0.717) is 0 Å². The van der Waals surface area contributed by atoms with Gasteiger partial charge in [0, 0.05) is 24.6 Å². The molecule has 1 N–H and O–H groups in total. The van der Waals surface area contributed by atoms with Crippen molar-refractivity contribution in [2.24, 2.45) is 0 Å². The van der Waals surface area contributed by atoms with Crippen LogP contribution >= 0.6 is 0 Å². The van der Waals surface area contributed by atoms with Crippen LogP contribution in [0.1, 0.15) is 52.7 Å². The van der Waals surface area contributed by atoms with Gasteiger partial charge in [0.15, 0.2) is 21.4 Å². The Hall–Kier alpha value is -1.27. The van der Waals surface area contributed by atoms with Crippen molar-refractivity contribution in [1.29, 1.82) is 0 Å². The van der Waals surface area contributed by atoms with Gasteiger partial charge in [0.2, 0.25) is 5.91 Å². The van der Waals surface area contributed by atoms with Gasteiger partial charge in [0.1, 0.15) is 0 Å². The Kier molecular flexibility index (Phi) is 5.87. The van der Waals surface area contributed by atoms with E-state index in [9.17, 15) is 13.6 Å². The van der Waals surface area contributed by atoms with E-state index >= 15 is 0 Å². The maximum Gasteiger partial charge on any atom is 0.217 e. The zero-order chi connectivity index (χ0) is 17.1. The second-order valence-electron chi connectivity index (χ2n) is 7.17. The maximum absolute atomic E-state index is 14.3. The normalized spacial score (nSPS) is 12.9. The van der Waals surface area contributed by atoms with Crippen molar-refractivity contribution >= 4 is 15.7 Å². The summed E-state index contributed by atoms with van der Waals surface area (Å²) in [5, 5.41) is 2.53. The number of amides is 1. The quantitative estimate of drug-likeness (QED) is 0.843. The van der Waals surface area contributed by atoms with Crippen LogP contribution in [0.3, 0.4) is 0 Å². The predicted molar refractivity (Wildman–Crippen MR) is 86.2 cm³/mol. The number of hydrogen-bond donors (Lipinski definition) is 1. The molecule has 6 heteroatoms. The number of carbonyl (C=O) groups excluding carboxylic acids is 1. The van der Waals surface area contributed by atoms with Crippen LogP contribution in [0.15, 0.2) is 12.1 Å². The van der Waals surface area contributed by atoms with Crippen molar-refractivity contribution in [3.05, 3.63) is 34.9 Å². The summed E-state index contributed by atoms with van der Waals surface area (Å²) < 4.78 is 34.4. The van der Waals surface area contributed by atoms with Gasteiger partial charge in [0.25, 0.3) is 0 Å². The van der Waals surface area contributed by atoms with Gasteiger partial charge >= 0.3 is 0 Å². The molecule has 22 heavy (non-hydrogen) atoms. The minimum Gasteiger partial charge on any atom is -0.414 e. The molecule has 0 aromatic heterocycles. The van der Waals surface area contributed by atoms with E-state index in [2.05, 4.69) is 26.1 Å². The molecular formula is C16H25F2NO2Si. The molecule has 0 spiro atoms. The van der Waals surface area contributed by atoms with Gasteiger partial charge in [-0.15, -0.1) is 0 Å². The molecule has 0 unspecified atom stereocenters. The average Bonchev–Trinajstić information content (AvgIpc) is 2.37. The van der Waals surface area contributed by atoms with Crippen LogP contribution in [0.5, 0.6) is 0 Å². The Morgan fingerprint density at radius 2 is 1.77 bits per heavy atom. The molecule has 3 nitrogen and oxygen atoms in total. The van der Waals surface area contributed by atoms with Gasteiger partial charge in [-0.25, -0.2) is 8.78 Å². The van der Waals surface area contributed by atoms with Gasteiger partial charge in [-0.2, -0.15) is 0 Å². The fraction of sp³-hybridized carbons (Fsp3) is 0.562. The van der Waals surface area contributed by atoms with Crippen LogP contribution in [0.2, 0.25) is 5.04 Å². The summed E-state index contributed by atoms with van der Waals surface area (Å²) >= 11 is 0. The standard InChI is InChI=1S/C16H25F2NO2Si/c1-10(20)19-9-11-7-8-12(14(18)13(11)17)16(5,6)21-22-15(2,3)4/h7-8H,9,22H2,1-6H3,(H,19,20). The zero-order valence-corrected chi connectivity index (χ0v) is 15.6. The van der Waals surface area contributed by atoms with Crippen LogP contribution in [0.4, 0.5) is 8.78 Å². The first kappa shape index (κ1) is 18.8. The SMILES string of the molecule is CC(=O)NCc1ccc(C(C)(C)O[SiH2]C(C)(C)C)c(F)c1F. The van der Waals surface area contributed by atoms with Crippen LogP contribution in [-0.2, 0) is 21.4 Å². The molecule has 1 aromatic rings. The minimum atomic E-state index is -0.930. The Morgan fingerprint density at radius 1 is 1.18 bits per heavy atom. The van der Waals surface area contributed by atoms with Gasteiger partial charge in [0.05, 0.1) is 5.60 Å². The Bertz CT molecular complexity index is 554. The Balaban J connectivity index is 3.00. The number of carbonyl (C=O) groups is 1. The lowest BCUT2D eigenvalue weighted by atomic mass is 9.96. The summed E-state index contributed by atoms with van der Waals surface area (Å²) in [6, 6.07) is 3.03. The molecule has 0 atom stereocenters. The van der Waals surface area contributed by atoms with E-state index in [1.54, 1.807) is 13.8 Å². The lowest BCUT2D eigenvalue weighted by Gasteiger charge is -2.31. The first-order valence-electron chi connectivity index (χ1n) is 7.30. The van der Waals surface area contributed by atoms with Gasteiger partial charge in [-0.1, -0.05) is 32.9 Å².